The summed E-state index contributed by atoms with van der Waals surface area (Å²) in [5.74, 6) is -1.86. The fraction of sp³-hybridized carbons (Fsp3) is 0.0909. The van der Waals surface area contributed by atoms with Crippen molar-refractivity contribution in [3.8, 4) is 0 Å². The lowest BCUT2D eigenvalue weighted by Crippen LogP contribution is -2.16. The summed E-state index contributed by atoms with van der Waals surface area (Å²) in [7, 11) is 0. The summed E-state index contributed by atoms with van der Waals surface area (Å²) in [6.45, 7) is 1.68. The van der Waals surface area contributed by atoms with Crippen molar-refractivity contribution in [2.24, 2.45) is 0 Å². The summed E-state index contributed by atoms with van der Waals surface area (Å²) in [5.41, 5.74) is 0.492. The molecule has 0 radical (unpaired) electrons. The van der Waals surface area contributed by atoms with Gasteiger partial charge in [0.1, 0.15) is 0 Å². The van der Waals surface area contributed by atoms with Crippen LogP contribution in [0.15, 0.2) is 67.0 Å². The van der Waals surface area contributed by atoms with Gasteiger partial charge in [0.15, 0.2) is 0 Å². The first-order chi connectivity index (χ1) is 15.4. The average molecular weight is 434 g/mol. The standard InChI is InChI=1S/C22H18N4O6/c1-2-32-22(29)16-10-15(12-19(13-16)26(30)31)21(28)25-18-5-3-4-14(11-18)20(27)24-17-6-8-23-9-7-17/h3-13H,2H2,1H3,(H,25,28)(H,23,24,27). The fourth-order valence-electron chi connectivity index (χ4n) is 2.76. The number of amides is 2. The Labute approximate surface area is 182 Å². The second-order valence-corrected chi connectivity index (χ2v) is 6.47. The van der Waals surface area contributed by atoms with Gasteiger partial charge in [-0.05, 0) is 43.3 Å². The van der Waals surface area contributed by atoms with E-state index in [0.717, 1.165) is 12.1 Å². The van der Waals surface area contributed by atoms with E-state index in [9.17, 15) is 24.5 Å². The molecule has 10 nitrogen and oxygen atoms in total. The number of ether oxygens (including phenoxy) is 1. The number of esters is 1. The Kier molecular flexibility index (Phi) is 6.86. The smallest absolute Gasteiger partial charge is 0.338 e. The zero-order valence-corrected chi connectivity index (χ0v) is 16.9. The first-order valence-corrected chi connectivity index (χ1v) is 9.46. The minimum absolute atomic E-state index is 0.0808. The normalized spacial score (nSPS) is 10.2. The van der Waals surface area contributed by atoms with Crippen molar-refractivity contribution < 1.29 is 24.0 Å². The molecule has 0 bridgehead atoms. The lowest BCUT2D eigenvalue weighted by molar-refractivity contribution is -0.384. The Morgan fingerprint density at radius 3 is 2.25 bits per heavy atom. The van der Waals surface area contributed by atoms with Gasteiger partial charge in [0, 0.05) is 47.0 Å². The van der Waals surface area contributed by atoms with Crippen molar-refractivity contribution in [1.82, 2.24) is 4.98 Å². The van der Waals surface area contributed by atoms with Gasteiger partial charge >= 0.3 is 5.97 Å². The van der Waals surface area contributed by atoms with Crippen LogP contribution in [-0.2, 0) is 4.74 Å². The van der Waals surface area contributed by atoms with Gasteiger partial charge in [-0.25, -0.2) is 4.79 Å². The molecule has 0 aliphatic rings. The summed E-state index contributed by atoms with van der Waals surface area (Å²) < 4.78 is 4.87. The summed E-state index contributed by atoms with van der Waals surface area (Å²) in [5, 5.41) is 16.5. The van der Waals surface area contributed by atoms with E-state index in [1.54, 1.807) is 37.3 Å². The van der Waals surface area contributed by atoms with E-state index in [1.807, 2.05) is 0 Å². The molecule has 10 heteroatoms. The number of carbonyl (C=O) groups excluding carboxylic acids is 3. The van der Waals surface area contributed by atoms with Crippen LogP contribution < -0.4 is 10.6 Å². The first-order valence-electron chi connectivity index (χ1n) is 9.46. The Morgan fingerprint density at radius 1 is 0.906 bits per heavy atom. The molecular formula is C22H18N4O6. The summed E-state index contributed by atoms with van der Waals surface area (Å²) >= 11 is 0. The molecule has 0 spiro atoms. The number of rotatable bonds is 7. The lowest BCUT2D eigenvalue weighted by atomic mass is 10.1. The van der Waals surface area contributed by atoms with Gasteiger partial charge in [-0.2, -0.15) is 0 Å². The summed E-state index contributed by atoms with van der Waals surface area (Å²) in [4.78, 5) is 51.5. The Hall–Kier alpha value is -4.60. The SMILES string of the molecule is CCOC(=O)c1cc(C(=O)Nc2cccc(C(=O)Nc3ccncc3)c2)cc([N+](=O)[O-])c1. The maximum absolute atomic E-state index is 12.7. The largest absolute Gasteiger partial charge is 0.462 e. The molecule has 3 aromatic rings. The third-order valence-corrected chi connectivity index (χ3v) is 4.22. The molecule has 0 aliphatic carbocycles. The molecule has 2 N–H and O–H groups in total. The maximum atomic E-state index is 12.7. The molecule has 1 aromatic heterocycles. The molecule has 0 fully saturated rings. The van der Waals surface area contributed by atoms with E-state index in [2.05, 4.69) is 15.6 Å². The molecule has 0 saturated heterocycles. The van der Waals surface area contributed by atoms with Crippen LogP contribution in [0.2, 0.25) is 0 Å². The van der Waals surface area contributed by atoms with Crippen molar-refractivity contribution in [2.45, 2.75) is 6.92 Å². The van der Waals surface area contributed by atoms with Crippen LogP contribution >= 0.6 is 0 Å². The predicted molar refractivity (Wildman–Crippen MR) is 116 cm³/mol. The van der Waals surface area contributed by atoms with Gasteiger partial charge in [0.2, 0.25) is 0 Å². The topological polar surface area (TPSA) is 141 Å². The molecule has 1 heterocycles. The zero-order valence-electron chi connectivity index (χ0n) is 16.9. The number of aromatic nitrogens is 1. The van der Waals surface area contributed by atoms with Crippen LogP contribution in [-0.4, -0.2) is 34.3 Å². The van der Waals surface area contributed by atoms with E-state index in [-0.39, 0.29) is 23.3 Å². The van der Waals surface area contributed by atoms with Crippen molar-refractivity contribution in [3.63, 3.8) is 0 Å². The van der Waals surface area contributed by atoms with E-state index in [4.69, 9.17) is 4.74 Å². The molecule has 2 aromatic carbocycles. The Balaban J connectivity index is 1.81. The highest BCUT2D eigenvalue weighted by Crippen LogP contribution is 2.20. The van der Waals surface area contributed by atoms with Gasteiger partial charge < -0.3 is 15.4 Å². The van der Waals surface area contributed by atoms with Crippen LogP contribution in [0.1, 0.15) is 38.0 Å². The number of carbonyl (C=O) groups is 3. The second-order valence-electron chi connectivity index (χ2n) is 6.47. The van der Waals surface area contributed by atoms with Gasteiger partial charge in [-0.1, -0.05) is 6.07 Å². The Bertz CT molecular complexity index is 1180. The highest BCUT2D eigenvalue weighted by molar-refractivity contribution is 6.08. The van der Waals surface area contributed by atoms with E-state index in [0.29, 0.717) is 11.4 Å². The van der Waals surface area contributed by atoms with E-state index < -0.39 is 28.4 Å². The summed E-state index contributed by atoms with van der Waals surface area (Å²) in [6.07, 6.45) is 3.08. The minimum atomic E-state index is -0.778. The predicted octanol–water partition coefficient (Wildman–Crippen LogP) is 3.67. The number of non-ortho nitro benzene ring substituents is 1. The quantitative estimate of drug-likeness (QED) is 0.328. The molecule has 0 saturated carbocycles. The highest BCUT2D eigenvalue weighted by atomic mass is 16.6. The molecule has 0 unspecified atom stereocenters. The lowest BCUT2D eigenvalue weighted by Gasteiger charge is -2.09. The van der Waals surface area contributed by atoms with Gasteiger partial charge in [0.25, 0.3) is 17.5 Å². The Morgan fingerprint density at radius 2 is 1.56 bits per heavy atom. The molecular weight excluding hydrogens is 416 g/mol. The average Bonchev–Trinajstić information content (AvgIpc) is 2.79. The van der Waals surface area contributed by atoms with Crippen molar-refractivity contribution in [1.29, 1.82) is 0 Å². The van der Waals surface area contributed by atoms with Crippen LogP contribution in [0.4, 0.5) is 17.1 Å². The maximum Gasteiger partial charge on any atom is 0.338 e. The first kappa shape index (κ1) is 22.1. The van der Waals surface area contributed by atoms with Crippen molar-refractivity contribution >= 4 is 34.8 Å². The van der Waals surface area contributed by atoms with Crippen LogP contribution in [0, 0.1) is 10.1 Å². The molecule has 0 aliphatic heterocycles. The summed E-state index contributed by atoms with van der Waals surface area (Å²) in [6, 6.07) is 12.7. The number of hydrogen-bond donors (Lipinski definition) is 2. The molecule has 2 amide bonds. The number of nitro benzene ring substituents is 1. The van der Waals surface area contributed by atoms with Crippen LogP contribution in [0.25, 0.3) is 0 Å². The molecule has 3 rings (SSSR count). The van der Waals surface area contributed by atoms with Crippen LogP contribution in [0.5, 0.6) is 0 Å². The number of nitrogens with zero attached hydrogens (tertiary/aromatic N) is 2. The van der Waals surface area contributed by atoms with Gasteiger partial charge in [-0.15, -0.1) is 0 Å². The highest BCUT2D eigenvalue weighted by Gasteiger charge is 2.19. The molecule has 32 heavy (non-hydrogen) atoms. The third kappa shape index (κ3) is 5.51. The number of anilines is 2. The zero-order chi connectivity index (χ0) is 23.1. The second kappa shape index (κ2) is 9.94. The molecule has 162 valence electrons. The number of nitrogens with one attached hydrogen (secondary N) is 2. The van der Waals surface area contributed by atoms with E-state index in [1.165, 1.54) is 24.5 Å². The van der Waals surface area contributed by atoms with E-state index >= 15 is 0 Å². The van der Waals surface area contributed by atoms with Crippen molar-refractivity contribution in [2.75, 3.05) is 17.2 Å². The number of pyridine rings is 1. The number of hydrogen-bond acceptors (Lipinski definition) is 7. The minimum Gasteiger partial charge on any atom is -0.462 e. The van der Waals surface area contributed by atoms with Crippen molar-refractivity contribution in [3.05, 3.63) is 93.8 Å². The monoisotopic (exact) mass is 434 g/mol. The number of benzene rings is 2. The van der Waals surface area contributed by atoms with Gasteiger partial charge in [-0.3, -0.25) is 24.7 Å². The number of nitro groups is 1. The molecule has 0 atom stereocenters. The third-order valence-electron chi connectivity index (χ3n) is 4.22. The van der Waals surface area contributed by atoms with Gasteiger partial charge in [0.05, 0.1) is 17.1 Å². The fourth-order valence-corrected chi connectivity index (χ4v) is 2.76. The van der Waals surface area contributed by atoms with Crippen LogP contribution in [0.3, 0.4) is 0 Å².